The molecule has 2 amide bonds. The third-order valence-electron chi connectivity index (χ3n) is 5.67. The molecule has 0 aliphatic carbocycles. The first kappa shape index (κ1) is 18.2. The standard InChI is InChI=1S/C18H32N6O/c1-14-6-9-23(10-7-14)11-16-5-4-8-24(12-16)18(25)20-15(2)17-21-19-13-22(17)3/h13-16H,4-12H2,1-3H3,(H,20,25). The van der Waals surface area contributed by atoms with Gasteiger partial charge in [-0.1, -0.05) is 6.92 Å². The van der Waals surface area contributed by atoms with Crippen molar-refractivity contribution in [2.45, 2.75) is 45.6 Å². The molecule has 3 heterocycles. The van der Waals surface area contributed by atoms with Crippen LogP contribution in [0.1, 0.15) is 51.4 Å². The molecule has 0 saturated carbocycles. The van der Waals surface area contributed by atoms with Crippen molar-refractivity contribution in [3.63, 3.8) is 0 Å². The Morgan fingerprint density at radius 2 is 2.08 bits per heavy atom. The fraction of sp³-hybridized carbons (Fsp3) is 0.833. The predicted octanol–water partition coefficient (Wildman–Crippen LogP) is 2.03. The summed E-state index contributed by atoms with van der Waals surface area (Å²) in [6.07, 6.45) is 6.61. The van der Waals surface area contributed by atoms with Crippen LogP contribution in [-0.2, 0) is 7.05 Å². The van der Waals surface area contributed by atoms with Crippen LogP contribution in [-0.4, -0.2) is 63.3 Å². The summed E-state index contributed by atoms with van der Waals surface area (Å²) >= 11 is 0. The van der Waals surface area contributed by atoms with Crippen LogP contribution in [0.3, 0.4) is 0 Å². The van der Waals surface area contributed by atoms with E-state index in [0.717, 1.165) is 37.8 Å². The zero-order chi connectivity index (χ0) is 17.8. The van der Waals surface area contributed by atoms with Crippen LogP contribution < -0.4 is 5.32 Å². The average Bonchev–Trinajstić information content (AvgIpc) is 3.03. The molecule has 2 aliphatic rings. The highest BCUT2D eigenvalue weighted by Gasteiger charge is 2.27. The molecular formula is C18H32N6O. The quantitative estimate of drug-likeness (QED) is 0.904. The molecule has 0 aromatic carbocycles. The fourth-order valence-corrected chi connectivity index (χ4v) is 4.03. The van der Waals surface area contributed by atoms with Crippen molar-refractivity contribution in [1.82, 2.24) is 29.9 Å². The average molecular weight is 348 g/mol. The first-order valence-electron chi connectivity index (χ1n) is 9.64. The molecule has 0 radical (unpaired) electrons. The summed E-state index contributed by atoms with van der Waals surface area (Å²) in [5, 5.41) is 11.0. The molecular weight excluding hydrogens is 316 g/mol. The number of likely N-dealkylation sites (tertiary alicyclic amines) is 2. The Bertz CT molecular complexity index is 566. The second kappa shape index (κ2) is 8.17. The molecule has 140 valence electrons. The molecule has 2 aliphatic heterocycles. The molecule has 3 rings (SSSR count). The normalized spacial score (nSPS) is 24.3. The highest BCUT2D eigenvalue weighted by Crippen LogP contribution is 2.22. The Morgan fingerprint density at radius 3 is 2.76 bits per heavy atom. The Kier molecular flexibility index (Phi) is 5.93. The van der Waals surface area contributed by atoms with E-state index in [1.807, 2.05) is 23.4 Å². The summed E-state index contributed by atoms with van der Waals surface area (Å²) in [4.78, 5) is 17.2. The van der Waals surface area contributed by atoms with Crippen molar-refractivity contribution in [3.8, 4) is 0 Å². The molecule has 1 aromatic heterocycles. The Morgan fingerprint density at radius 1 is 1.32 bits per heavy atom. The minimum Gasteiger partial charge on any atom is -0.328 e. The van der Waals surface area contributed by atoms with Crippen molar-refractivity contribution in [3.05, 3.63) is 12.2 Å². The van der Waals surface area contributed by atoms with Crippen LogP contribution in [0.25, 0.3) is 0 Å². The van der Waals surface area contributed by atoms with Crippen LogP contribution in [0.2, 0.25) is 0 Å². The van der Waals surface area contributed by atoms with Gasteiger partial charge in [-0.2, -0.15) is 0 Å². The molecule has 2 fully saturated rings. The van der Waals surface area contributed by atoms with E-state index >= 15 is 0 Å². The Hall–Kier alpha value is -1.63. The number of urea groups is 1. The van der Waals surface area contributed by atoms with Crippen LogP contribution in [0.5, 0.6) is 0 Å². The van der Waals surface area contributed by atoms with Crippen molar-refractivity contribution in [2.75, 3.05) is 32.7 Å². The summed E-state index contributed by atoms with van der Waals surface area (Å²) in [6, 6.07) is -0.114. The van der Waals surface area contributed by atoms with Gasteiger partial charge in [0.25, 0.3) is 0 Å². The molecule has 2 atom stereocenters. The summed E-state index contributed by atoms with van der Waals surface area (Å²) in [5.74, 6) is 2.24. The van der Waals surface area contributed by atoms with E-state index in [1.165, 1.54) is 32.4 Å². The van der Waals surface area contributed by atoms with E-state index in [0.29, 0.717) is 5.92 Å². The Balaban J connectivity index is 1.49. The van der Waals surface area contributed by atoms with Gasteiger partial charge in [0.1, 0.15) is 6.33 Å². The van der Waals surface area contributed by atoms with Crippen molar-refractivity contribution in [2.24, 2.45) is 18.9 Å². The van der Waals surface area contributed by atoms with E-state index in [2.05, 4.69) is 27.3 Å². The summed E-state index contributed by atoms with van der Waals surface area (Å²) < 4.78 is 1.85. The van der Waals surface area contributed by atoms with E-state index in [9.17, 15) is 4.79 Å². The first-order valence-corrected chi connectivity index (χ1v) is 9.64. The largest absolute Gasteiger partial charge is 0.328 e. The second-order valence-electron chi connectivity index (χ2n) is 7.91. The molecule has 1 aromatic rings. The maximum absolute atomic E-state index is 12.6. The number of carbonyl (C=O) groups is 1. The zero-order valence-corrected chi connectivity index (χ0v) is 15.8. The third-order valence-corrected chi connectivity index (χ3v) is 5.67. The monoisotopic (exact) mass is 348 g/mol. The molecule has 2 unspecified atom stereocenters. The second-order valence-corrected chi connectivity index (χ2v) is 7.91. The topological polar surface area (TPSA) is 66.3 Å². The van der Waals surface area contributed by atoms with Gasteiger partial charge in [0.15, 0.2) is 5.82 Å². The van der Waals surface area contributed by atoms with Gasteiger partial charge < -0.3 is 19.7 Å². The van der Waals surface area contributed by atoms with E-state index in [4.69, 9.17) is 0 Å². The maximum Gasteiger partial charge on any atom is 0.317 e. The molecule has 7 heteroatoms. The number of nitrogens with one attached hydrogen (secondary N) is 1. The smallest absolute Gasteiger partial charge is 0.317 e. The van der Waals surface area contributed by atoms with Gasteiger partial charge in [-0.25, -0.2) is 4.79 Å². The minimum absolute atomic E-state index is 0.0208. The van der Waals surface area contributed by atoms with Gasteiger partial charge in [0, 0.05) is 26.7 Å². The molecule has 0 bridgehead atoms. The van der Waals surface area contributed by atoms with E-state index in [1.54, 1.807) is 6.33 Å². The van der Waals surface area contributed by atoms with Gasteiger partial charge in [0.2, 0.25) is 0 Å². The Labute approximate surface area is 150 Å². The van der Waals surface area contributed by atoms with Crippen molar-refractivity contribution in [1.29, 1.82) is 0 Å². The summed E-state index contributed by atoms with van der Waals surface area (Å²) in [7, 11) is 1.90. The lowest BCUT2D eigenvalue weighted by Gasteiger charge is -2.38. The fourth-order valence-electron chi connectivity index (χ4n) is 4.03. The molecule has 2 saturated heterocycles. The number of carbonyl (C=O) groups excluding carboxylic acids is 1. The number of nitrogens with zero attached hydrogens (tertiary/aromatic N) is 5. The summed E-state index contributed by atoms with van der Waals surface area (Å²) in [6.45, 7) is 9.59. The highest BCUT2D eigenvalue weighted by atomic mass is 16.2. The van der Waals surface area contributed by atoms with Crippen molar-refractivity contribution < 1.29 is 4.79 Å². The van der Waals surface area contributed by atoms with Gasteiger partial charge in [-0.3, -0.25) is 0 Å². The van der Waals surface area contributed by atoms with Crippen LogP contribution in [0.4, 0.5) is 4.79 Å². The molecule has 25 heavy (non-hydrogen) atoms. The lowest BCUT2D eigenvalue weighted by atomic mass is 9.94. The minimum atomic E-state index is -0.135. The van der Waals surface area contributed by atoms with Gasteiger partial charge >= 0.3 is 6.03 Å². The van der Waals surface area contributed by atoms with E-state index in [-0.39, 0.29) is 12.1 Å². The lowest BCUT2D eigenvalue weighted by Crippen LogP contribution is -2.49. The van der Waals surface area contributed by atoms with Crippen LogP contribution >= 0.6 is 0 Å². The third kappa shape index (κ3) is 4.71. The lowest BCUT2D eigenvalue weighted by molar-refractivity contribution is 0.119. The number of amides is 2. The number of hydrogen-bond donors (Lipinski definition) is 1. The number of aryl methyl sites for hydroxylation is 1. The van der Waals surface area contributed by atoms with Gasteiger partial charge in [0.05, 0.1) is 6.04 Å². The molecule has 7 nitrogen and oxygen atoms in total. The first-order chi connectivity index (χ1) is 12.0. The van der Waals surface area contributed by atoms with Gasteiger partial charge in [-0.05, 0) is 57.5 Å². The van der Waals surface area contributed by atoms with Gasteiger partial charge in [-0.15, -0.1) is 10.2 Å². The van der Waals surface area contributed by atoms with Crippen LogP contribution in [0.15, 0.2) is 6.33 Å². The number of rotatable bonds is 4. The molecule has 0 spiro atoms. The van der Waals surface area contributed by atoms with Crippen molar-refractivity contribution >= 4 is 6.03 Å². The maximum atomic E-state index is 12.6. The SMILES string of the molecule is CC1CCN(CC2CCCN(C(=O)NC(C)c3nncn3C)C2)CC1. The van der Waals surface area contributed by atoms with E-state index < -0.39 is 0 Å². The summed E-state index contributed by atoms with van der Waals surface area (Å²) in [5.41, 5.74) is 0. The predicted molar refractivity (Wildman–Crippen MR) is 97.1 cm³/mol. The highest BCUT2D eigenvalue weighted by molar-refractivity contribution is 5.74. The number of aromatic nitrogens is 3. The number of piperidine rings is 2. The zero-order valence-electron chi connectivity index (χ0n) is 15.8. The molecule has 1 N–H and O–H groups in total. The van der Waals surface area contributed by atoms with Crippen LogP contribution in [0, 0.1) is 11.8 Å². The number of hydrogen-bond acceptors (Lipinski definition) is 4.